The predicted molar refractivity (Wildman–Crippen MR) is 71.4 cm³/mol. The van der Waals surface area contributed by atoms with Crippen LogP contribution < -0.4 is 0 Å². The lowest BCUT2D eigenvalue weighted by molar-refractivity contribution is 0.0697. The van der Waals surface area contributed by atoms with Gasteiger partial charge in [-0.05, 0) is 24.3 Å². The first kappa shape index (κ1) is 14.4. The van der Waals surface area contributed by atoms with E-state index >= 15 is 0 Å². The van der Waals surface area contributed by atoms with Crippen LogP contribution in [-0.4, -0.2) is 22.5 Å². The van der Waals surface area contributed by atoms with E-state index in [1.165, 1.54) is 18.2 Å². The van der Waals surface area contributed by atoms with Gasteiger partial charge in [-0.1, -0.05) is 23.7 Å². The van der Waals surface area contributed by atoms with Crippen molar-refractivity contribution in [3.63, 3.8) is 0 Å². The molecule has 0 saturated carbocycles. The summed E-state index contributed by atoms with van der Waals surface area (Å²) >= 11 is 5.78. The van der Waals surface area contributed by atoms with E-state index in [1.54, 1.807) is 18.2 Å². The Hall–Kier alpha value is -2.01. The number of hydrogen-bond donors (Lipinski definition) is 1. The molecule has 0 radical (unpaired) electrons. The number of nitrogens with zero attached hydrogens (tertiary/aromatic N) is 1. The van der Waals surface area contributed by atoms with Crippen LogP contribution in [0, 0.1) is 0 Å². The maximum atomic E-state index is 12.3. The predicted octanol–water partition coefficient (Wildman–Crippen LogP) is 3.91. The molecule has 1 heterocycles. The Labute approximate surface area is 118 Å². The summed E-state index contributed by atoms with van der Waals surface area (Å²) in [6, 6.07) is 9.16. The third-order valence-electron chi connectivity index (χ3n) is 2.66. The molecule has 1 aromatic heterocycles. The molecule has 1 N–H and O–H groups in total. The van der Waals surface area contributed by atoms with Crippen molar-refractivity contribution in [1.82, 2.24) is 4.98 Å². The minimum Gasteiger partial charge on any atom is -0.478 e. The first-order chi connectivity index (χ1) is 9.47. The highest BCUT2D eigenvalue weighted by molar-refractivity contribution is 6.33. The number of halogens is 3. The van der Waals surface area contributed by atoms with Crippen LogP contribution >= 0.6 is 11.6 Å². The zero-order valence-electron chi connectivity index (χ0n) is 10.2. The molecule has 0 atom stereocenters. The average molecular weight is 298 g/mol. The lowest BCUT2D eigenvalue weighted by Gasteiger charge is -2.06. The lowest BCUT2D eigenvalue weighted by atomic mass is 10.1. The van der Waals surface area contributed by atoms with Crippen molar-refractivity contribution in [3.8, 4) is 11.3 Å². The Morgan fingerprint density at radius 2 is 2.05 bits per heavy atom. The van der Waals surface area contributed by atoms with E-state index in [0.29, 0.717) is 11.3 Å². The Kier molecular flexibility index (Phi) is 4.29. The van der Waals surface area contributed by atoms with Gasteiger partial charge in [-0.3, -0.25) is 4.98 Å². The van der Waals surface area contributed by atoms with Gasteiger partial charge in [0, 0.05) is 11.3 Å². The second-order valence-electron chi connectivity index (χ2n) is 4.11. The van der Waals surface area contributed by atoms with Crippen molar-refractivity contribution in [3.05, 3.63) is 52.7 Å². The number of aromatic nitrogens is 1. The smallest absolute Gasteiger partial charge is 0.337 e. The third-order valence-corrected chi connectivity index (χ3v) is 2.99. The summed E-state index contributed by atoms with van der Waals surface area (Å²) in [4.78, 5) is 15.1. The highest BCUT2D eigenvalue weighted by atomic mass is 35.5. The standard InChI is InChI=1S/C14H10ClF2NO2/c15-11-5-4-8(6-10(11)14(19)20)12-3-1-2-9(18-12)7-13(16)17/h1-6,13H,7H2,(H,19,20). The van der Waals surface area contributed by atoms with Crippen molar-refractivity contribution >= 4 is 17.6 Å². The van der Waals surface area contributed by atoms with Crippen LogP contribution in [0.3, 0.4) is 0 Å². The molecule has 0 aliphatic heterocycles. The first-order valence-corrected chi connectivity index (χ1v) is 6.12. The number of hydrogen-bond acceptors (Lipinski definition) is 2. The van der Waals surface area contributed by atoms with Crippen molar-refractivity contribution in [2.45, 2.75) is 12.8 Å². The van der Waals surface area contributed by atoms with Crippen molar-refractivity contribution in [1.29, 1.82) is 0 Å². The van der Waals surface area contributed by atoms with Crippen molar-refractivity contribution in [2.75, 3.05) is 0 Å². The van der Waals surface area contributed by atoms with Crippen molar-refractivity contribution in [2.24, 2.45) is 0 Å². The quantitative estimate of drug-likeness (QED) is 0.931. The normalized spacial score (nSPS) is 10.8. The second kappa shape index (κ2) is 5.96. The Morgan fingerprint density at radius 1 is 1.30 bits per heavy atom. The fourth-order valence-electron chi connectivity index (χ4n) is 1.76. The second-order valence-corrected chi connectivity index (χ2v) is 4.52. The van der Waals surface area contributed by atoms with Crippen LogP contribution in [0.4, 0.5) is 8.78 Å². The number of alkyl halides is 2. The summed E-state index contributed by atoms with van der Waals surface area (Å²) in [5, 5.41) is 9.12. The van der Waals surface area contributed by atoms with E-state index < -0.39 is 18.8 Å². The van der Waals surface area contributed by atoms with Crippen LogP contribution in [0.1, 0.15) is 16.1 Å². The molecule has 2 rings (SSSR count). The van der Waals surface area contributed by atoms with Crippen LogP contribution in [0.15, 0.2) is 36.4 Å². The molecule has 0 saturated heterocycles. The maximum Gasteiger partial charge on any atom is 0.337 e. The molecule has 0 aliphatic carbocycles. The third kappa shape index (κ3) is 3.30. The topological polar surface area (TPSA) is 50.2 Å². The summed E-state index contributed by atoms with van der Waals surface area (Å²) in [6.45, 7) is 0. The van der Waals surface area contributed by atoms with E-state index in [2.05, 4.69) is 4.98 Å². The van der Waals surface area contributed by atoms with Crippen LogP contribution in [0.5, 0.6) is 0 Å². The number of benzene rings is 1. The van der Waals surface area contributed by atoms with Gasteiger partial charge in [-0.25, -0.2) is 13.6 Å². The minimum atomic E-state index is -2.47. The summed E-state index contributed by atoms with van der Waals surface area (Å²) in [5.41, 5.74) is 1.15. The van der Waals surface area contributed by atoms with Gasteiger partial charge in [-0.15, -0.1) is 0 Å². The number of carbonyl (C=O) groups is 1. The number of rotatable bonds is 4. The largest absolute Gasteiger partial charge is 0.478 e. The number of pyridine rings is 1. The van der Waals surface area contributed by atoms with Gasteiger partial charge in [0.15, 0.2) is 0 Å². The maximum absolute atomic E-state index is 12.3. The van der Waals surface area contributed by atoms with Crippen LogP contribution in [0.25, 0.3) is 11.3 Å². The first-order valence-electron chi connectivity index (χ1n) is 5.74. The van der Waals surface area contributed by atoms with E-state index in [1.807, 2.05) is 0 Å². The summed E-state index contributed by atoms with van der Waals surface area (Å²) < 4.78 is 24.7. The van der Waals surface area contributed by atoms with Crippen molar-refractivity contribution < 1.29 is 18.7 Å². The van der Waals surface area contributed by atoms with Crippen LogP contribution in [0.2, 0.25) is 5.02 Å². The van der Waals surface area contributed by atoms with E-state index in [0.717, 1.165) is 0 Å². The molecule has 0 unspecified atom stereocenters. The average Bonchev–Trinajstić information content (AvgIpc) is 2.38. The van der Waals surface area contributed by atoms with E-state index in [-0.39, 0.29) is 16.3 Å². The highest BCUT2D eigenvalue weighted by Crippen LogP contribution is 2.24. The van der Waals surface area contributed by atoms with Gasteiger partial charge in [0.1, 0.15) is 0 Å². The fourth-order valence-corrected chi connectivity index (χ4v) is 1.96. The number of carboxylic acids is 1. The monoisotopic (exact) mass is 297 g/mol. The highest BCUT2D eigenvalue weighted by Gasteiger charge is 2.12. The Morgan fingerprint density at radius 3 is 2.70 bits per heavy atom. The molecule has 0 spiro atoms. The van der Waals surface area contributed by atoms with Gasteiger partial charge < -0.3 is 5.11 Å². The van der Waals surface area contributed by atoms with Gasteiger partial charge in [0.2, 0.25) is 6.43 Å². The summed E-state index contributed by atoms with van der Waals surface area (Å²) in [7, 11) is 0. The minimum absolute atomic E-state index is 0.0507. The van der Waals surface area contributed by atoms with Gasteiger partial charge in [0.25, 0.3) is 0 Å². The number of carboxylic acid groups (broad SMARTS) is 1. The molecule has 0 fully saturated rings. The summed E-state index contributed by atoms with van der Waals surface area (Å²) in [6.07, 6.45) is -2.91. The molecule has 0 bridgehead atoms. The molecule has 20 heavy (non-hydrogen) atoms. The molecule has 1 aromatic carbocycles. The molecule has 0 amide bonds. The van der Waals surface area contributed by atoms with Gasteiger partial charge in [0.05, 0.1) is 22.7 Å². The Bertz CT molecular complexity index is 647. The Balaban J connectivity index is 2.41. The van der Waals surface area contributed by atoms with Gasteiger partial charge in [-0.2, -0.15) is 0 Å². The zero-order chi connectivity index (χ0) is 14.7. The lowest BCUT2D eigenvalue weighted by Crippen LogP contribution is -2.01. The molecular weight excluding hydrogens is 288 g/mol. The fraction of sp³-hybridized carbons (Fsp3) is 0.143. The molecular formula is C14H10ClF2NO2. The van der Waals surface area contributed by atoms with Gasteiger partial charge >= 0.3 is 5.97 Å². The summed E-state index contributed by atoms with van der Waals surface area (Å²) in [5.74, 6) is -1.15. The zero-order valence-corrected chi connectivity index (χ0v) is 10.9. The molecule has 104 valence electrons. The SMILES string of the molecule is O=C(O)c1cc(-c2cccc(CC(F)F)n2)ccc1Cl. The molecule has 6 heteroatoms. The van der Waals surface area contributed by atoms with E-state index in [4.69, 9.17) is 16.7 Å². The van der Waals surface area contributed by atoms with Crippen LogP contribution in [-0.2, 0) is 6.42 Å². The van der Waals surface area contributed by atoms with E-state index in [9.17, 15) is 13.6 Å². The molecule has 3 nitrogen and oxygen atoms in total. The molecule has 0 aliphatic rings. The molecule has 2 aromatic rings. The number of aromatic carboxylic acids is 1.